The number of hydrogen-bond acceptors (Lipinski definition) is 2. The summed E-state index contributed by atoms with van der Waals surface area (Å²) in [6.07, 6.45) is -0.0407. The molecule has 6 heteroatoms. The Kier molecular flexibility index (Phi) is 5.61. The molecular formula is C14H17F2NO3. The van der Waals surface area contributed by atoms with Gasteiger partial charge in [0.15, 0.2) is 0 Å². The highest BCUT2D eigenvalue weighted by Gasteiger charge is 2.21. The predicted molar refractivity (Wildman–Crippen MR) is 69.1 cm³/mol. The first-order valence-electron chi connectivity index (χ1n) is 6.25. The lowest BCUT2D eigenvalue weighted by Crippen LogP contribution is -2.42. The summed E-state index contributed by atoms with van der Waals surface area (Å²) in [5, 5.41) is 11.3. The zero-order chi connectivity index (χ0) is 15.3. The minimum atomic E-state index is -1.13. The van der Waals surface area contributed by atoms with Gasteiger partial charge in [-0.25, -0.2) is 13.6 Å². The van der Waals surface area contributed by atoms with Crippen molar-refractivity contribution in [2.45, 2.75) is 32.7 Å². The van der Waals surface area contributed by atoms with Crippen molar-refractivity contribution in [2.24, 2.45) is 5.92 Å². The van der Waals surface area contributed by atoms with Crippen LogP contribution in [0.25, 0.3) is 0 Å². The molecule has 1 aromatic rings. The fourth-order valence-corrected chi connectivity index (χ4v) is 1.78. The fraction of sp³-hybridized carbons (Fsp3) is 0.429. The highest BCUT2D eigenvalue weighted by Crippen LogP contribution is 2.11. The van der Waals surface area contributed by atoms with E-state index < -0.39 is 29.6 Å². The molecule has 1 atom stereocenters. The van der Waals surface area contributed by atoms with Gasteiger partial charge in [0.05, 0.1) is 6.42 Å². The van der Waals surface area contributed by atoms with Gasteiger partial charge in [-0.2, -0.15) is 0 Å². The Morgan fingerprint density at radius 1 is 1.30 bits per heavy atom. The number of benzene rings is 1. The van der Waals surface area contributed by atoms with E-state index in [0.717, 1.165) is 6.07 Å². The third-order valence-corrected chi connectivity index (χ3v) is 2.71. The lowest BCUT2D eigenvalue weighted by molar-refractivity contribution is -0.142. The average Bonchev–Trinajstić information content (AvgIpc) is 2.31. The Hall–Kier alpha value is -1.98. The van der Waals surface area contributed by atoms with Gasteiger partial charge in [-0.05, 0) is 24.0 Å². The van der Waals surface area contributed by atoms with Crippen LogP contribution < -0.4 is 5.32 Å². The summed E-state index contributed by atoms with van der Waals surface area (Å²) >= 11 is 0. The first-order valence-corrected chi connectivity index (χ1v) is 6.25. The van der Waals surface area contributed by atoms with Crippen LogP contribution in [0.2, 0.25) is 0 Å². The Morgan fingerprint density at radius 3 is 2.45 bits per heavy atom. The van der Waals surface area contributed by atoms with Crippen LogP contribution in [0.1, 0.15) is 25.8 Å². The average molecular weight is 285 g/mol. The maximum Gasteiger partial charge on any atom is 0.326 e. The number of carbonyl (C=O) groups excluding carboxylic acids is 1. The van der Waals surface area contributed by atoms with Crippen LogP contribution in [-0.4, -0.2) is 23.0 Å². The molecule has 0 heterocycles. The molecule has 0 fully saturated rings. The van der Waals surface area contributed by atoms with Crippen molar-refractivity contribution in [3.63, 3.8) is 0 Å². The second kappa shape index (κ2) is 6.98. The molecular weight excluding hydrogens is 268 g/mol. The van der Waals surface area contributed by atoms with Crippen LogP contribution in [0.4, 0.5) is 8.78 Å². The molecule has 0 aliphatic heterocycles. The number of carbonyl (C=O) groups is 2. The van der Waals surface area contributed by atoms with Crippen molar-refractivity contribution in [3.8, 4) is 0 Å². The van der Waals surface area contributed by atoms with Crippen molar-refractivity contribution in [1.82, 2.24) is 5.32 Å². The van der Waals surface area contributed by atoms with Gasteiger partial charge in [0, 0.05) is 6.07 Å². The van der Waals surface area contributed by atoms with Gasteiger partial charge in [-0.1, -0.05) is 19.9 Å². The Labute approximate surface area is 115 Å². The SMILES string of the molecule is CC(C)CC(NC(=O)Cc1ccc(F)cc1F)C(=O)O. The number of carboxylic acids is 1. The first kappa shape index (κ1) is 16.1. The summed E-state index contributed by atoms with van der Waals surface area (Å²) in [5.74, 6) is -3.19. The maximum atomic E-state index is 13.4. The van der Waals surface area contributed by atoms with E-state index >= 15 is 0 Å². The predicted octanol–water partition coefficient (Wildman–Crippen LogP) is 2.12. The van der Waals surface area contributed by atoms with Crippen LogP contribution >= 0.6 is 0 Å². The fourth-order valence-electron chi connectivity index (χ4n) is 1.78. The van der Waals surface area contributed by atoms with E-state index in [2.05, 4.69) is 5.32 Å². The molecule has 110 valence electrons. The summed E-state index contributed by atoms with van der Waals surface area (Å²) in [5.41, 5.74) is 0.0255. The lowest BCUT2D eigenvalue weighted by atomic mass is 10.0. The van der Waals surface area contributed by atoms with Crippen molar-refractivity contribution >= 4 is 11.9 Å². The smallest absolute Gasteiger partial charge is 0.326 e. The molecule has 2 N–H and O–H groups in total. The molecule has 0 aromatic heterocycles. The molecule has 20 heavy (non-hydrogen) atoms. The molecule has 0 radical (unpaired) electrons. The monoisotopic (exact) mass is 285 g/mol. The van der Waals surface area contributed by atoms with Crippen LogP contribution in [0.15, 0.2) is 18.2 Å². The minimum Gasteiger partial charge on any atom is -0.480 e. The largest absolute Gasteiger partial charge is 0.480 e. The summed E-state index contributed by atoms with van der Waals surface area (Å²) in [6, 6.07) is 1.90. The molecule has 1 amide bonds. The molecule has 0 aliphatic rings. The van der Waals surface area contributed by atoms with E-state index in [-0.39, 0.29) is 24.3 Å². The van der Waals surface area contributed by atoms with Crippen molar-refractivity contribution in [1.29, 1.82) is 0 Å². The lowest BCUT2D eigenvalue weighted by Gasteiger charge is -2.16. The summed E-state index contributed by atoms with van der Waals surface area (Å²) in [4.78, 5) is 22.7. The summed E-state index contributed by atoms with van der Waals surface area (Å²) in [6.45, 7) is 3.67. The van der Waals surface area contributed by atoms with E-state index in [1.165, 1.54) is 6.07 Å². The van der Waals surface area contributed by atoms with E-state index in [4.69, 9.17) is 5.11 Å². The Balaban J connectivity index is 2.68. The topological polar surface area (TPSA) is 66.4 Å². The summed E-state index contributed by atoms with van der Waals surface area (Å²) < 4.78 is 26.1. The third-order valence-electron chi connectivity index (χ3n) is 2.71. The number of carboxylic acid groups (broad SMARTS) is 1. The normalized spacial score (nSPS) is 12.2. The van der Waals surface area contributed by atoms with Crippen LogP contribution in [0.3, 0.4) is 0 Å². The second-order valence-corrected chi connectivity index (χ2v) is 5.00. The van der Waals surface area contributed by atoms with Crippen molar-refractivity contribution in [3.05, 3.63) is 35.4 Å². The first-order chi connectivity index (χ1) is 9.29. The molecule has 0 spiro atoms. The quantitative estimate of drug-likeness (QED) is 0.841. The zero-order valence-corrected chi connectivity index (χ0v) is 11.3. The molecule has 1 unspecified atom stereocenters. The Morgan fingerprint density at radius 2 is 1.95 bits per heavy atom. The van der Waals surface area contributed by atoms with Crippen molar-refractivity contribution in [2.75, 3.05) is 0 Å². The number of hydrogen-bond donors (Lipinski definition) is 2. The molecule has 1 rings (SSSR count). The van der Waals surface area contributed by atoms with Crippen molar-refractivity contribution < 1.29 is 23.5 Å². The molecule has 1 aromatic carbocycles. The molecule has 0 saturated heterocycles. The van der Waals surface area contributed by atoms with Gasteiger partial charge >= 0.3 is 5.97 Å². The molecule has 0 bridgehead atoms. The summed E-state index contributed by atoms with van der Waals surface area (Å²) in [7, 11) is 0. The van der Waals surface area contributed by atoms with Gasteiger partial charge in [-0.3, -0.25) is 4.79 Å². The van der Waals surface area contributed by atoms with Gasteiger partial charge in [-0.15, -0.1) is 0 Å². The highest BCUT2D eigenvalue weighted by molar-refractivity contribution is 5.84. The minimum absolute atomic E-state index is 0.0255. The number of nitrogens with one attached hydrogen (secondary N) is 1. The number of amides is 1. The van der Waals surface area contributed by atoms with E-state index in [1.807, 2.05) is 13.8 Å². The van der Waals surface area contributed by atoms with Crippen LogP contribution in [-0.2, 0) is 16.0 Å². The van der Waals surface area contributed by atoms with E-state index in [0.29, 0.717) is 6.07 Å². The van der Waals surface area contributed by atoms with E-state index in [1.54, 1.807) is 0 Å². The molecule has 4 nitrogen and oxygen atoms in total. The molecule has 0 saturated carbocycles. The highest BCUT2D eigenvalue weighted by atomic mass is 19.1. The van der Waals surface area contributed by atoms with Crippen LogP contribution in [0.5, 0.6) is 0 Å². The maximum absolute atomic E-state index is 13.4. The van der Waals surface area contributed by atoms with E-state index in [9.17, 15) is 18.4 Å². The standard InChI is InChI=1S/C14H17F2NO3/c1-8(2)5-12(14(19)20)17-13(18)6-9-3-4-10(15)7-11(9)16/h3-4,7-8,12H,5-6H2,1-2H3,(H,17,18)(H,19,20). The number of aliphatic carboxylic acids is 1. The van der Waals surface area contributed by atoms with Gasteiger partial charge in [0.2, 0.25) is 5.91 Å². The van der Waals surface area contributed by atoms with Gasteiger partial charge < -0.3 is 10.4 Å². The number of rotatable bonds is 6. The Bertz CT molecular complexity index is 503. The zero-order valence-electron chi connectivity index (χ0n) is 11.3. The van der Waals surface area contributed by atoms with Gasteiger partial charge in [0.25, 0.3) is 0 Å². The molecule has 0 aliphatic carbocycles. The second-order valence-electron chi connectivity index (χ2n) is 5.00. The van der Waals surface area contributed by atoms with Gasteiger partial charge in [0.1, 0.15) is 17.7 Å². The third kappa shape index (κ3) is 4.95. The number of halogens is 2. The van der Waals surface area contributed by atoms with Crippen LogP contribution in [0, 0.1) is 17.6 Å².